The van der Waals surface area contributed by atoms with Gasteiger partial charge >= 0.3 is 0 Å². The van der Waals surface area contributed by atoms with Crippen LogP contribution in [0.1, 0.15) is 49.9 Å². The number of nitrogens with one attached hydrogen (secondary N) is 1. The van der Waals surface area contributed by atoms with Crippen molar-refractivity contribution < 1.29 is 1.43 Å². The summed E-state index contributed by atoms with van der Waals surface area (Å²) in [5.41, 5.74) is 7.89. The largest absolute Gasteiger partial charge is 0.355 e. The highest BCUT2D eigenvalue weighted by atomic mass is 14.9. The van der Waals surface area contributed by atoms with Gasteiger partial charge in [-0.3, -0.25) is 0 Å². The lowest BCUT2D eigenvalue weighted by molar-refractivity contribution is 0.962. The molecule has 0 unspecified atom stereocenters. The van der Waals surface area contributed by atoms with Crippen LogP contribution in [0.3, 0.4) is 0 Å². The van der Waals surface area contributed by atoms with E-state index in [0.717, 1.165) is 22.5 Å². The van der Waals surface area contributed by atoms with Gasteiger partial charge in [-0.05, 0) is 65.2 Å². The van der Waals surface area contributed by atoms with Crippen LogP contribution >= 0.6 is 0 Å². The molecular weight excluding hydrogens is 242 g/mol. The maximum absolute atomic E-state index is 4.08. The van der Waals surface area contributed by atoms with Gasteiger partial charge in [0.2, 0.25) is 0 Å². The molecule has 0 heterocycles. The van der Waals surface area contributed by atoms with Crippen molar-refractivity contribution in [2.45, 2.75) is 48.5 Å². The average Bonchev–Trinajstić information content (AvgIpc) is 2.27. The van der Waals surface area contributed by atoms with Crippen molar-refractivity contribution in [3.8, 4) is 0 Å². The Bertz CT molecular complexity index is 510. The molecule has 1 nitrogen and oxygen atoms in total. The monoisotopic (exact) mass is 273 g/mol. The van der Waals surface area contributed by atoms with E-state index >= 15 is 0 Å². The molecule has 0 atom stereocenters. The third kappa shape index (κ3) is 6.42. The Labute approximate surface area is 126 Å². The first kappa shape index (κ1) is 18.2. The molecule has 0 saturated carbocycles. The molecule has 1 N–H and O–H groups in total. The predicted octanol–water partition coefficient (Wildman–Crippen LogP) is 6.06. The molecule has 0 aliphatic rings. The first-order chi connectivity index (χ1) is 9.18. The third-order valence-electron chi connectivity index (χ3n) is 2.76. The lowest BCUT2D eigenvalue weighted by Gasteiger charge is -2.17. The molecule has 0 aromatic heterocycles. The minimum atomic E-state index is 0. The van der Waals surface area contributed by atoms with E-state index in [0.29, 0.717) is 0 Å². The lowest BCUT2D eigenvalue weighted by Crippen LogP contribution is -2.16. The summed E-state index contributed by atoms with van der Waals surface area (Å²) >= 11 is 0. The number of allylic oxidation sites excluding steroid dienone is 8. The number of hydrogen-bond donors (Lipinski definition) is 1. The molecule has 0 saturated heterocycles. The van der Waals surface area contributed by atoms with Crippen molar-refractivity contribution in [3.05, 3.63) is 70.6 Å². The fourth-order valence-electron chi connectivity index (χ4n) is 2.03. The molecule has 0 amide bonds. The summed E-state index contributed by atoms with van der Waals surface area (Å²) in [5.74, 6) is 0. The standard InChI is InChI=1S/C19H29N.H2/c1-10-18(16(8)11-13(2)3)20-19(15(6)7)17(9)12-14(4)5;/h10-12,20H,2,6H2,1,3-5,7-9H3;1H/b16-11-,18-10+,19-17+;. The van der Waals surface area contributed by atoms with Gasteiger partial charge in [-0.2, -0.15) is 0 Å². The van der Waals surface area contributed by atoms with E-state index in [9.17, 15) is 0 Å². The van der Waals surface area contributed by atoms with Gasteiger partial charge in [0.25, 0.3) is 0 Å². The van der Waals surface area contributed by atoms with Gasteiger partial charge in [0.1, 0.15) is 0 Å². The van der Waals surface area contributed by atoms with Gasteiger partial charge in [0.15, 0.2) is 0 Å². The van der Waals surface area contributed by atoms with Gasteiger partial charge in [-0.1, -0.05) is 42.5 Å². The lowest BCUT2D eigenvalue weighted by atomic mass is 10.1. The van der Waals surface area contributed by atoms with Crippen molar-refractivity contribution in [2.75, 3.05) is 0 Å². The maximum atomic E-state index is 4.08. The van der Waals surface area contributed by atoms with Gasteiger partial charge in [0.05, 0.1) is 0 Å². The fourth-order valence-corrected chi connectivity index (χ4v) is 2.03. The summed E-state index contributed by atoms with van der Waals surface area (Å²) < 4.78 is 0. The zero-order chi connectivity index (χ0) is 15.9. The maximum Gasteiger partial charge on any atom is 0.0437 e. The highest BCUT2D eigenvalue weighted by Gasteiger charge is 2.06. The Hall–Kier alpha value is -1.76. The van der Waals surface area contributed by atoms with Crippen LogP contribution in [0, 0.1) is 0 Å². The molecule has 0 aromatic carbocycles. The average molecular weight is 273 g/mol. The summed E-state index contributed by atoms with van der Waals surface area (Å²) in [6, 6.07) is 0. The first-order valence-electron chi connectivity index (χ1n) is 6.98. The quantitative estimate of drug-likeness (QED) is 0.580. The summed E-state index contributed by atoms with van der Waals surface area (Å²) in [6.07, 6.45) is 6.32. The van der Waals surface area contributed by atoms with E-state index in [1.807, 2.05) is 20.8 Å². The second-order valence-electron chi connectivity index (χ2n) is 5.56. The highest BCUT2D eigenvalue weighted by molar-refractivity contribution is 5.42. The van der Waals surface area contributed by atoms with Crippen LogP contribution in [-0.2, 0) is 0 Å². The van der Waals surface area contributed by atoms with Crippen molar-refractivity contribution in [1.29, 1.82) is 0 Å². The van der Waals surface area contributed by atoms with E-state index in [1.54, 1.807) is 0 Å². The summed E-state index contributed by atoms with van der Waals surface area (Å²) in [7, 11) is 0. The smallest absolute Gasteiger partial charge is 0.0437 e. The zero-order valence-electron chi connectivity index (χ0n) is 14.1. The highest BCUT2D eigenvalue weighted by Crippen LogP contribution is 2.18. The van der Waals surface area contributed by atoms with Crippen LogP contribution in [0.25, 0.3) is 0 Å². The van der Waals surface area contributed by atoms with E-state index in [-0.39, 0.29) is 1.43 Å². The number of rotatable bonds is 6. The Balaban J connectivity index is 0. The van der Waals surface area contributed by atoms with Crippen LogP contribution in [-0.4, -0.2) is 0 Å². The Kier molecular flexibility index (Phi) is 7.68. The van der Waals surface area contributed by atoms with E-state index in [4.69, 9.17) is 0 Å². The Morgan fingerprint density at radius 1 is 0.950 bits per heavy atom. The zero-order valence-corrected chi connectivity index (χ0v) is 14.1. The molecule has 0 rings (SSSR count). The molecule has 0 bridgehead atoms. The Morgan fingerprint density at radius 3 is 1.85 bits per heavy atom. The second kappa shape index (κ2) is 8.42. The topological polar surface area (TPSA) is 12.0 Å². The summed E-state index contributed by atoms with van der Waals surface area (Å²) in [6.45, 7) is 22.5. The Morgan fingerprint density at radius 2 is 1.50 bits per heavy atom. The van der Waals surface area contributed by atoms with Crippen LogP contribution in [0.4, 0.5) is 0 Å². The van der Waals surface area contributed by atoms with Crippen molar-refractivity contribution >= 4 is 0 Å². The first-order valence-corrected chi connectivity index (χ1v) is 6.98. The minimum absolute atomic E-state index is 0. The second-order valence-corrected chi connectivity index (χ2v) is 5.56. The molecule has 0 aromatic rings. The molecule has 0 fully saturated rings. The van der Waals surface area contributed by atoms with Crippen LogP contribution in [0.15, 0.2) is 70.6 Å². The molecule has 0 aliphatic carbocycles. The van der Waals surface area contributed by atoms with Gasteiger partial charge in [0, 0.05) is 12.8 Å². The van der Waals surface area contributed by atoms with Crippen molar-refractivity contribution in [2.24, 2.45) is 0 Å². The van der Waals surface area contributed by atoms with E-state index in [1.165, 1.54) is 16.7 Å². The van der Waals surface area contributed by atoms with E-state index in [2.05, 4.69) is 64.4 Å². The number of hydrogen-bond acceptors (Lipinski definition) is 1. The predicted molar refractivity (Wildman–Crippen MR) is 94.5 cm³/mol. The summed E-state index contributed by atoms with van der Waals surface area (Å²) in [5, 5.41) is 3.50. The normalized spacial score (nSPS) is 13.6. The molecule has 20 heavy (non-hydrogen) atoms. The fraction of sp³-hybridized carbons (Fsp3) is 0.368. The molecule has 0 radical (unpaired) electrons. The molecule has 1 heteroatoms. The van der Waals surface area contributed by atoms with Gasteiger partial charge in [-0.15, -0.1) is 0 Å². The van der Waals surface area contributed by atoms with Crippen molar-refractivity contribution in [3.63, 3.8) is 0 Å². The van der Waals surface area contributed by atoms with Gasteiger partial charge in [-0.25, -0.2) is 0 Å². The van der Waals surface area contributed by atoms with Crippen molar-refractivity contribution in [1.82, 2.24) is 5.32 Å². The molecule has 112 valence electrons. The minimum Gasteiger partial charge on any atom is -0.355 e. The van der Waals surface area contributed by atoms with Crippen LogP contribution in [0.2, 0.25) is 0 Å². The molecule has 0 aliphatic heterocycles. The van der Waals surface area contributed by atoms with E-state index < -0.39 is 0 Å². The van der Waals surface area contributed by atoms with Gasteiger partial charge < -0.3 is 5.32 Å². The van der Waals surface area contributed by atoms with Crippen LogP contribution in [0.5, 0.6) is 0 Å². The SMILES string of the molecule is C=C(C)/C=C(C)\C(=C/C)N/C(C(=C)C)=C(\C)C=C(C)C.[HH]. The van der Waals surface area contributed by atoms with Crippen LogP contribution < -0.4 is 5.32 Å². The molecular formula is C19H31N. The summed E-state index contributed by atoms with van der Waals surface area (Å²) in [4.78, 5) is 0. The molecule has 0 spiro atoms. The third-order valence-corrected chi connectivity index (χ3v) is 2.76.